The van der Waals surface area contributed by atoms with Crippen molar-refractivity contribution >= 4 is 22.9 Å². The van der Waals surface area contributed by atoms with Gasteiger partial charge in [-0.15, -0.1) is 11.3 Å². The maximum atomic E-state index is 5.97. The summed E-state index contributed by atoms with van der Waals surface area (Å²) in [4.78, 5) is 1.37. The maximum Gasteiger partial charge on any atom is 0.0931 e. The number of aryl methyl sites for hydroxylation is 1. The molecule has 106 valence electrons. The van der Waals surface area contributed by atoms with Crippen molar-refractivity contribution in [3.05, 3.63) is 56.7 Å². The van der Waals surface area contributed by atoms with Gasteiger partial charge in [-0.25, -0.2) is 0 Å². The first-order valence-electron chi connectivity index (χ1n) is 7.38. The summed E-state index contributed by atoms with van der Waals surface area (Å²) in [5.41, 5.74) is 3.04. The maximum absolute atomic E-state index is 5.97. The van der Waals surface area contributed by atoms with Gasteiger partial charge in [0.1, 0.15) is 0 Å². The summed E-state index contributed by atoms with van der Waals surface area (Å²) in [6, 6.07) is 13.5. The number of fused-ring (bicyclic) bond motifs is 1. The Hall–Kier alpha value is -0.830. The van der Waals surface area contributed by atoms with Gasteiger partial charge in [0.2, 0.25) is 0 Å². The molecule has 1 N–H and O–H groups in total. The SMILES string of the molecule is Clc1ccc(CCNC2CCCCc3ccccc32)s1. The van der Waals surface area contributed by atoms with Crippen molar-refractivity contribution < 1.29 is 0 Å². The van der Waals surface area contributed by atoms with Crippen LogP contribution in [-0.2, 0) is 12.8 Å². The average Bonchev–Trinajstić information content (AvgIpc) is 2.76. The van der Waals surface area contributed by atoms with Crippen LogP contribution >= 0.6 is 22.9 Å². The Balaban J connectivity index is 1.62. The molecule has 0 spiro atoms. The molecule has 1 aliphatic carbocycles. The normalized spacial score (nSPS) is 18.6. The van der Waals surface area contributed by atoms with Gasteiger partial charge < -0.3 is 5.32 Å². The number of hydrogen-bond acceptors (Lipinski definition) is 2. The van der Waals surface area contributed by atoms with Gasteiger partial charge in [-0.3, -0.25) is 0 Å². The summed E-state index contributed by atoms with van der Waals surface area (Å²) in [6.45, 7) is 1.02. The molecule has 1 aromatic heterocycles. The topological polar surface area (TPSA) is 12.0 Å². The standard InChI is InChI=1S/C17H20ClNS/c18-17-10-9-14(20-17)11-12-19-16-8-4-2-6-13-5-1-3-7-15(13)16/h1,3,5,7,9-10,16,19H,2,4,6,8,11-12H2. The largest absolute Gasteiger partial charge is 0.310 e. The monoisotopic (exact) mass is 305 g/mol. The summed E-state index contributed by atoms with van der Waals surface area (Å²) < 4.78 is 0.889. The molecule has 0 radical (unpaired) electrons. The zero-order chi connectivity index (χ0) is 13.8. The van der Waals surface area contributed by atoms with Crippen molar-refractivity contribution in [3.8, 4) is 0 Å². The zero-order valence-corrected chi connectivity index (χ0v) is 13.1. The molecule has 20 heavy (non-hydrogen) atoms. The Labute approximate surface area is 130 Å². The molecular weight excluding hydrogens is 286 g/mol. The van der Waals surface area contributed by atoms with Crippen LogP contribution in [0.3, 0.4) is 0 Å². The molecule has 0 saturated carbocycles. The summed E-state index contributed by atoms with van der Waals surface area (Å²) in [7, 11) is 0. The fourth-order valence-corrected chi connectivity index (χ4v) is 4.08. The molecule has 0 bridgehead atoms. The predicted octanol–water partition coefficient (Wildman–Crippen LogP) is 5.00. The molecule has 0 amide bonds. The molecule has 3 rings (SSSR count). The second-order valence-corrected chi connectivity index (χ2v) is 7.21. The summed E-state index contributed by atoms with van der Waals surface area (Å²) in [6.07, 6.45) is 6.18. The van der Waals surface area contributed by atoms with E-state index in [0.717, 1.165) is 17.3 Å². The van der Waals surface area contributed by atoms with E-state index in [9.17, 15) is 0 Å². The minimum atomic E-state index is 0.518. The van der Waals surface area contributed by atoms with Gasteiger partial charge in [0.05, 0.1) is 4.34 Å². The number of hydrogen-bond donors (Lipinski definition) is 1. The van der Waals surface area contributed by atoms with E-state index in [2.05, 4.69) is 35.6 Å². The smallest absolute Gasteiger partial charge is 0.0931 e. The van der Waals surface area contributed by atoms with Gasteiger partial charge in [-0.05, 0) is 48.9 Å². The highest BCUT2D eigenvalue weighted by molar-refractivity contribution is 7.16. The van der Waals surface area contributed by atoms with E-state index in [0.29, 0.717) is 6.04 Å². The molecule has 0 saturated heterocycles. The lowest BCUT2D eigenvalue weighted by Gasteiger charge is -2.19. The highest BCUT2D eigenvalue weighted by Crippen LogP contribution is 2.28. The van der Waals surface area contributed by atoms with Crippen LogP contribution in [0.2, 0.25) is 4.34 Å². The van der Waals surface area contributed by atoms with E-state index in [1.165, 1.54) is 41.7 Å². The van der Waals surface area contributed by atoms with Crippen LogP contribution in [0.25, 0.3) is 0 Å². The predicted molar refractivity (Wildman–Crippen MR) is 87.8 cm³/mol. The molecule has 0 aliphatic heterocycles. The van der Waals surface area contributed by atoms with Gasteiger partial charge in [-0.1, -0.05) is 42.3 Å². The first-order valence-corrected chi connectivity index (χ1v) is 8.58. The highest BCUT2D eigenvalue weighted by atomic mass is 35.5. The second kappa shape index (κ2) is 6.75. The van der Waals surface area contributed by atoms with Gasteiger partial charge in [0.15, 0.2) is 0 Å². The number of halogens is 1. The van der Waals surface area contributed by atoms with Crippen molar-refractivity contribution in [2.45, 2.75) is 38.1 Å². The van der Waals surface area contributed by atoms with E-state index in [1.807, 2.05) is 6.07 Å². The van der Waals surface area contributed by atoms with Crippen LogP contribution in [0.5, 0.6) is 0 Å². The lowest BCUT2D eigenvalue weighted by atomic mass is 9.99. The van der Waals surface area contributed by atoms with Crippen LogP contribution in [0.4, 0.5) is 0 Å². The van der Waals surface area contributed by atoms with Crippen LogP contribution < -0.4 is 5.32 Å². The first-order chi connectivity index (χ1) is 9.83. The minimum absolute atomic E-state index is 0.518. The lowest BCUT2D eigenvalue weighted by molar-refractivity contribution is 0.493. The van der Waals surface area contributed by atoms with Gasteiger partial charge in [-0.2, -0.15) is 0 Å². The van der Waals surface area contributed by atoms with Crippen molar-refractivity contribution in [1.29, 1.82) is 0 Å². The van der Waals surface area contributed by atoms with Crippen LogP contribution in [0.15, 0.2) is 36.4 Å². The Kier molecular flexibility index (Phi) is 4.77. The number of thiophene rings is 1. The second-order valence-electron chi connectivity index (χ2n) is 5.41. The number of benzene rings is 1. The van der Waals surface area contributed by atoms with E-state index in [-0.39, 0.29) is 0 Å². The third kappa shape index (κ3) is 3.43. The molecule has 2 aromatic rings. The molecule has 1 nitrogen and oxygen atoms in total. The molecule has 3 heteroatoms. The minimum Gasteiger partial charge on any atom is -0.310 e. The zero-order valence-electron chi connectivity index (χ0n) is 11.6. The number of nitrogens with one attached hydrogen (secondary N) is 1. The third-order valence-electron chi connectivity index (χ3n) is 4.01. The summed E-state index contributed by atoms with van der Waals surface area (Å²) >= 11 is 7.66. The van der Waals surface area contributed by atoms with Gasteiger partial charge in [0.25, 0.3) is 0 Å². The summed E-state index contributed by atoms with van der Waals surface area (Å²) in [5, 5.41) is 3.74. The van der Waals surface area contributed by atoms with Gasteiger partial charge in [0, 0.05) is 17.5 Å². The van der Waals surface area contributed by atoms with Gasteiger partial charge >= 0.3 is 0 Å². The Bertz CT molecular complexity index is 564. The molecule has 1 aromatic carbocycles. The average molecular weight is 306 g/mol. The quantitative estimate of drug-likeness (QED) is 0.784. The van der Waals surface area contributed by atoms with Crippen molar-refractivity contribution in [3.63, 3.8) is 0 Å². The van der Waals surface area contributed by atoms with Crippen molar-refractivity contribution in [2.24, 2.45) is 0 Å². The van der Waals surface area contributed by atoms with Crippen LogP contribution in [0, 0.1) is 0 Å². The van der Waals surface area contributed by atoms with Crippen molar-refractivity contribution in [1.82, 2.24) is 5.32 Å². The lowest BCUT2D eigenvalue weighted by Crippen LogP contribution is -2.23. The van der Waals surface area contributed by atoms with E-state index in [4.69, 9.17) is 11.6 Å². The Morgan fingerprint density at radius 3 is 2.90 bits per heavy atom. The van der Waals surface area contributed by atoms with E-state index in [1.54, 1.807) is 11.3 Å². The first kappa shape index (κ1) is 14.1. The molecule has 1 atom stereocenters. The molecule has 1 aliphatic rings. The summed E-state index contributed by atoms with van der Waals surface area (Å²) in [5.74, 6) is 0. The number of rotatable bonds is 4. The Morgan fingerprint density at radius 2 is 2.05 bits per heavy atom. The van der Waals surface area contributed by atoms with E-state index < -0.39 is 0 Å². The van der Waals surface area contributed by atoms with Crippen LogP contribution in [0.1, 0.15) is 41.3 Å². The van der Waals surface area contributed by atoms with Crippen molar-refractivity contribution in [2.75, 3.05) is 6.54 Å². The molecular formula is C17H20ClNS. The molecule has 0 fully saturated rings. The van der Waals surface area contributed by atoms with Crippen LogP contribution in [-0.4, -0.2) is 6.54 Å². The molecule has 1 unspecified atom stereocenters. The van der Waals surface area contributed by atoms with E-state index >= 15 is 0 Å². The highest BCUT2D eigenvalue weighted by Gasteiger charge is 2.17. The Morgan fingerprint density at radius 1 is 1.15 bits per heavy atom. The third-order valence-corrected chi connectivity index (χ3v) is 5.30. The molecule has 1 heterocycles. The fraction of sp³-hybridized carbons (Fsp3) is 0.412. The fourth-order valence-electron chi connectivity index (χ4n) is 2.99.